The molecule has 27 heavy (non-hydrogen) atoms. The van der Waals surface area contributed by atoms with Crippen molar-refractivity contribution in [2.75, 3.05) is 11.4 Å². The van der Waals surface area contributed by atoms with Gasteiger partial charge >= 0.3 is 0 Å². The minimum absolute atomic E-state index is 0.117. The van der Waals surface area contributed by atoms with Crippen molar-refractivity contribution in [2.24, 2.45) is 0 Å². The molecule has 7 nitrogen and oxygen atoms in total. The number of ketones is 1. The second kappa shape index (κ2) is 7.28. The van der Waals surface area contributed by atoms with Crippen LogP contribution in [0.1, 0.15) is 42.1 Å². The first-order chi connectivity index (χ1) is 12.9. The molecule has 0 bridgehead atoms. The van der Waals surface area contributed by atoms with E-state index in [-0.39, 0.29) is 11.3 Å². The Bertz CT molecular complexity index is 911. The van der Waals surface area contributed by atoms with Crippen LogP contribution in [-0.2, 0) is 10.4 Å². The largest absolute Gasteiger partial charge is 0.375 e. The molecule has 0 aliphatic carbocycles. The van der Waals surface area contributed by atoms with Gasteiger partial charge in [-0.2, -0.15) is 0 Å². The van der Waals surface area contributed by atoms with Crippen LogP contribution < -0.4 is 4.90 Å². The quantitative estimate of drug-likeness (QED) is 0.459. The normalized spacial score (nSPS) is 18.4. The number of unbranched alkanes of at least 4 members (excludes halogenated alkanes) is 1. The number of para-hydroxylation sites is 2. The Morgan fingerprint density at radius 1 is 1.19 bits per heavy atom. The van der Waals surface area contributed by atoms with Gasteiger partial charge in [-0.15, -0.1) is 0 Å². The number of carbonyl (C=O) groups excluding carboxylic acids is 2. The van der Waals surface area contributed by atoms with Gasteiger partial charge in [-0.25, -0.2) is 0 Å². The minimum atomic E-state index is -2.02. The molecule has 0 saturated heterocycles. The maximum Gasteiger partial charge on any atom is 0.280 e. The summed E-state index contributed by atoms with van der Waals surface area (Å²) in [6.45, 7) is 2.44. The predicted octanol–water partition coefficient (Wildman–Crippen LogP) is 3.20. The highest BCUT2D eigenvalue weighted by Crippen LogP contribution is 2.43. The van der Waals surface area contributed by atoms with Crippen LogP contribution in [0.4, 0.5) is 11.4 Å². The summed E-state index contributed by atoms with van der Waals surface area (Å²) in [5.74, 6) is -1.21. The molecule has 1 aliphatic rings. The zero-order chi connectivity index (χ0) is 19.6. The van der Waals surface area contributed by atoms with E-state index in [1.807, 2.05) is 6.92 Å². The Balaban J connectivity index is 1.98. The number of hydrogen-bond acceptors (Lipinski definition) is 5. The summed E-state index contributed by atoms with van der Waals surface area (Å²) >= 11 is 0. The molecule has 1 N–H and O–H groups in total. The van der Waals surface area contributed by atoms with Crippen LogP contribution in [0.15, 0.2) is 48.5 Å². The molecule has 0 spiro atoms. The van der Waals surface area contributed by atoms with Gasteiger partial charge in [0.2, 0.25) is 0 Å². The Hall–Kier alpha value is -3.06. The first kappa shape index (κ1) is 18.7. The van der Waals surface area contributed by atoms with Crippen molar-refractivity contribution in [3.8, 4) is 0 Å². The molecule has 1 atom stereocenters. The van der Waals surface area contributed by atoms with E-state index in [4.69, 9.17) is 0 Å². The Labute approximate surface area is 156 Å². The molecule has 1 aliphatic heterocycles. The van der Waals surface area contributed by atoms with Crippen LogP contribution in [0.25, 0.3) is 0 Å². The van der Waals surface area contributed by atoms with E-state index in [9.17, 15) is 24.8 Å². The molecule has 0 fully saturated rings. The van der Waals surface area contributed by atoms with E-state index in [0.29, 0.717) is 17.8 Å². The van der Waals surface area contributed by atoms with Crippen molar-refractivity contribution in [3.05, 3.63) is 69.8 Å². The van der Waals surface area contributed by atoms with Crippen LogP contribution in [0.3, 0.4) is 0 Å². The second-order valence-electron chi connectivity index (χ2n) is 6.56. The number of carbonyl (C=O) groups is 2. The summed E-state index contributed by atoms with van der Waals surface area (Å²) in [5.41, 5.74) is -1.54. The molecular formula is C20H20N2O5. The number of hydrogen-bond donors (Lipinski definition) is 1. The van der Waals surface area contributed by atoms with Crippen molar-refractivity contribution in [2.45, 2.75) is 31.8 Å². The van der Waals surface area contributed by atoms with Gasteiger partial charge in [-0.05, 0) is 18.6 Å². The number of nitro groups is 1. The van der Waals surface area contributed by atoms with Gasteiger partial charge in [0.1, 0.15) is 0 Å². The van der Waals surface area contributed by atoms with Crippen molar-refractivity contribution in [1.29, 1.82) is 0 Å². The number of amides is 1. The number of anilines is 1. The van der Waals surface area contributed by atoms with E-state index in [1.165, 1.54) is 29.2 Å². The number of Topliss-reactive ketones (excluding diaryl/α,β-unsaturated/α-hetero) is 1. The van der Waals surface area contributed by atoms with E-state index in [2.05, 4.69) is 0 Å². The predicted molar refractivity (Wildman–Crippen MR) is 99.6 cm³/mol. The standard InChI is InChI=1S/C20H20N2O5/c1-2-3-12-21-17-11-7-5-9-15(17)20(25,19(21)24)13-18(23)14-8-4-6-10-16(14)22(26)27/h4-11,25H,2-3,12-13H2,1H3. The van der Waals surface area contributed by atoms with Crippen LogP contribution in [0, 0.1) is 10.1 Å². The highest BCUT2D eigenvalue weighted by molar-refractivity contribution is 6.11. The van der Waals surface area contributed by atoms with Gasteiger partial charge in [0.25, 0.3) is 11.6 Å². The van der Waals surface area contributed by atoms with Gasteiger partial charge in [-0.1, -0.05) is 43.7 Å². The molecule has 3 rings (SSSR count). The molecule has 0 saturated carbocycles. The van der Waals surface area contributed by atoms with Crippen LogP contribution in [0.5, 0.6) is 0 Å². The first-order valence-corrected chi connectivity index (χ1v) is 8.80. The summed E-state index contributed by atoms with van der Waals surface area (Å²) in [4.78, 5) is 37.8. The Morgan fingerprint density at radius 3 is 2.56 bits per heavy atom. The Kier molecular flexibility index (Phi) is 5.05. The highest BCUT2D eigenvalue weighted by atomic mass is 16.6. The lowest BCUT2D eigenvalue weighted by Crippen LogP contribution is -2.42. The van der Waals surface area contributed by atoms with E-state index in [1.54, 1.807) is 24.3 Å². The number of fused-ring (bicyclic) bond motifs is 1. The fraction of sp³-hybridized carbons (Fsp3) is 0.300. The van der Waals surface area contributed by atoms with E-state index in [0.717, 1.165) is 12.8 Å². The number of aliphatic hydroxyl groups is 1. The average molecular weight is 368 g/mol. The number of nitro benzene ring substituents is 1. The molecule has 0 aromatic heterocycles. The van der Waals surface area contributed by atoms with Crippen molar-refractivity contribution < 1.29 is 19.6 Å². The lowest BCUT2D eigenvalue weighted by atomic mass is 9.88. The molecule has 1 amide bonds. The molecule has 1 unspecified atom stereocenters. The third kappa shape index (κ3) is 3.21. The molecular weight excluding hydrogens is 348 g/mol. The fourth-order valence-corrected chi connectivity index (χ4v) is 3.41. The summed E-state index contributed by atoms with van der Waals surface area (Å²) < 4.78 is 0. The molecule has 7 heteroatoms. The van der Waals surface area contributed by atoms with E-state index < -0.39 is 28.6 Å². The zero-order valence-corrected chi connectivity index (χ0v) is 14.9. The maximum atomic E-state index is 13.0. The topological polar surface area (TPSA) is 101 Å². The van der Waals surface area contributed by atoms with Gasteiger partial charge in [0, 0.05) is 18.2 Å². The van der Waals surface area contributed by atoms with Crippen LogP contribution in [-0.4, -0.2) is 28.3 Å². The Morgan fingerprint density at radius 2 is 1.85 bits per heavy atom. The number of nitrogens with zero attached hydrogens (tertiary/aromatic N) is 2. The monoisotopic (exact) mass is 368 g/mol. The molecule has 2 aromatic rings. The third-order valence-electron chi connectivity index (χ3n) is 4.79. The molecule has 2 aromatic carbocycles. The molecule has 140 valence electrons. The third-order valence-corrected chi connectivity index (χ3v) is 4.79. The summed E-state index contributed by atoms with van der Waals surface area (Å²) in [6, 6.07) is 12.4. The van der Waals surface area contributed by atoms with Crippen LogP contribution in [0.2, 0.25) is 0 Å². The van der Waals surface area contributed by atoms with Crippen molar-refractivity contribution in [3.63, 3.8) is 0 Å². The van der Waals surface area contributed by atoms with E-state index >= 15 is 0 Å². The summed E-state index contributed by atoms with van der Waals surface area (Å²) in [6.07, 6.45) is 1.09. The number of rotatable bonds is 7. The maximum absolute atomic E-state index is 13.0. The summed E-state index contributed by atoms with van der Waals surface area (Å²) in [5, 5.41) is 22.4. The second-order valence-corrected chi connectivity index (χ2v) is 6.56. The zero-order valence-electron chi connectivity index (χ0n) is 14.9. The highest BCUT2D eigenvalue weighted by Gasteiger charge is 2.50. The smallest absolute Gasteiger partial charge is 0.280 e. The molecule has 0 radical (unpaired) electrons. The number of benzene rings is 2. The summed E-state index contributed by atoms with van der Waals surface area (Å²) in [7, 11) is 0. The SMILES string of the molecule is CCCCN1C(=O)C(O)(CC(=O)c2ccccc2[N+](=O)[O-])c2ccccc21. The van der Waals surface area contributed by atoms with Crippen molar-refractivity contribution in [1.82, 2.24) is 0 Å². The lowest BCUT2D eigenvalue weighted by Gasteiger charge is -2.22. The molecule has 1 heterocycles. The van der Waals surface area contributed by atoms with Crippen LogP contribution >= 0.6 is 0 Å². The van der Waals surface area contributed by atoms with Gasteiger partial charge < -0.3 is 10.0 Å². The average Bonchev–Trinajstić information content (AvgIpc) is 2.87. The first-order valence-electron chi connectivity index (χ1n) is 8.80. The van der Waals surface area contributed by atoms with Gasteiger partial charge in [0.05, 0.1) is 22.6 Å². The lowest BCUT2D eigenvalue weighted by molar-refractivity contribution is -0.385. The minimum Gasteiger partial charge on any atom is -0.375 e. The van der Waals surface area contributed by atoms with Gasteiger partial charge in [0.15, 0.2) is 11.4 Å². The van der Waals surface area contributed by atoms with Gasteiger partial charge in [-0.3, -0.25) is 19.7 Å². The fourth-order valence-electron chi connectivity index (χ4n) is 3.41. The van der Waals surface area contributed by atoms with Crippen molar-refractivity contribution >= 4 is 23.1 Å².